The first-order valence-corrected chi connectivity index (χ1v) is 9.14. The van der Waals surface area contributed by atoms with E-state index in [4.69, 9.17) is 0 Å². The highest BCUT2D eigenvalue weighted by Gasteiger charge is 2.18. The number of carbonyl (C=O) groups is 1. The normalized spacial score (nSPS) is 11.6. The maximum absolute atomic E-state index is 13.6. The van der Waals surface area contributed by atoms with Crippen molar-refractivity contribution in [3.63, 3.8) is 0 Å². The molecule has 0 heterocycles. The fourth-order valence-corrected chi connectivity index (χ4v) is 3.18. The topological polar surface area (TPSA) is 75.3 Å². The van der Waals surface area contributed by atoms with Gasteiger partial charge in [-0.2, -0.15) is 0 Å². The zero-order chi connectivity index (χ0) is 19.5. The molecule has 5 nitrogen and oxygen atoms in total. The summed E-state index contributed by atoms with van der Waals surface area (Å²) < 4.78 is 66.3. The van der Waals surface area contributed by atoms with Crippen LogP contribution in [0.15, 0.2) is 41.3 Å². The molecule has 0 atom stereocenters. The second kappa shape index (κ2) is 7.88. The van der Waals surface area contributed by atoms with Crippen LogP contribution in [-0.4, -0.2) is 20.9 Å². The first kappa shape index (κ1) is 19.9. The summed E-state index contributed by atoms with van der Waals surface area (Å²) in [5.41, 5.74) is -0.499. The highest BCUT2D eigenvalue weighted by molar-refractivity contribution is 7.89. The van der Waals surface area contributed by atoms with Crippen LogP contribution >= 0.6 is 0 Å². The Kier molecular flexibility index (Phi) is 6.04. The Morgan fingerprint density at radius 1 is 1.00 bits per heavy atom. The highest BCUT2D eigenvalue weighted by atomic mass is 32.2. The number of halogens is 3. The molecule has 2 aromatic rings. The van der Waals surface area contributed by atoms with Crippen LogP contribution in [0.4, 0.5) is 18.9 Å². The van der Waals surface area contributed by atoms with Crippen molar-refractivity contribution < 1.29 is 26.4 Å². The van der Waals surface area contributed by atoms with Crippen LogP contribution < -0.4 is 10.0 Å². The summed E-state index contributed by atoms with van der Waals surface area (Å²) in [6.45, 7) is 3.97. The molecule has 0 aliphatic rings. The molecule has 0 spiro atoms. The molecule has 140 valence electrons. The molecule has 1 amide bonds. The number of carbonyl (C=O) groups excluding carboxylic acids is 1. The second-order valence-corrected chi connectivity index (χ2v) is 7.71. The van der Waals surface area contributed by atoms with Gasteiger partial charge in [-0.25, -0.2) is 26.3 Å². The van der Waals surface area contributed by atoms with E-state index >= 15 is 0 Å². The predicted octanol–water partition coefficient (Wildman–Crippen LogP) is 3.29. The van der Waals surface area contributed by atoms with Crippen molar-refractivity contribution in [1.29, 1.82) is 0 Å². The Labute approximate surface area is 149 Å². The molecule has 0 unspecified atom stereocenters. The predicted molar refractivity (Wildman–Crippen MR) is 90.7 cm³/mol. The minimum Gasteiger partial charge on any atom is -0.319 e. The average molecular weight is 386 g/mol. The average Bonchev–Trinajstić information content (AvgIpc) is 2.60. The number of nitrogens with one attached hydrogen (secondary N) is 2. The van der Waals surface area contributed by atoms with Gasteiger partial charge in [0.1, 0.15) is 0 Å². The third-order valence-corrected chi connectivity index (χ3v) is 4.83. The fraction of sp³-hybridized carbons (Fsp3) is 0.235. The first-order chi connectivity index (χ1) is 12.1. The van der Waals surface area contributed by atoms with Crippen molar-refractivity contribution in [1.82, 2.24) is 4.72 Å². The second-order valence-electron chi connectivity index (χ2n) is 5.95. The summed E-state index contributed by atoms with van der Waals surface area (Å²) in [5.74, 6) is -5.25. The maximum atomic E-state index is 13.6. The molecule has 2 aromatic carbocycles. The van der Waals surface area contributed by atoms with Crippen molar-refractivity contribution in [2.45, 2.75) is 18.7 Å². The minimum absolute atomic E-state index is 0.0249. The van der Waals surface area contributed by atoms with E-state index in [9.17, 15) is 26.4 Å². The van der Waals surface area contributed by atoms with E-state index in [1.165, 1.54) is 24.3 Å². The SMILES string of the molecule is CC(C)CNS(=O)(=O)c1ccc(C(=O)Nc2ccc(F)c(F)c2F)cc1. The molecule has 0 radical (unpaired) electrons. The monoisotopic (exact) mass is 386 g/mol. The summed E-state index contributed by atoms with van der Waals surface area (Å²) in [6.07, 6.45) is 0. The molecule has 9 heteroatoms. The number of benzene rings is 2. The van der Waals surface area contributed by atoms with Crippen molar-refractivity contribution in [2.24, 2.45) is 5.92 Å². The Balaban J connectivity index is 2.15. The Hall–Kier alpha value is -2.39. The van der Waals surface area contributed by atoms with Gasteiger partial charge in [0.2, 0.25) is 10.0 Å². The molecule has 0 fully saturated rings. The third-order valence-electron chi connectivity index (χ3n) is 3.39. The maximum Gasteiger partial charge on any atom is 0.255 e. The molecule has 2 N–H and O–H groups in total. The summed E-state index contributed by atoms with van der Waals surface area (Å²) in [4.78, 5) is 12.0. The largest absolute Gasteiger partial charge is 0.319 e. The summed E-state index contributed by atoms with van der Waals surface area (Å²) >= 11 is 0. The quantitative estimate of drug-likeness (QED) is 0.748. The summed E-state index contributed by atoms with van der Waals surface area (Å²) in [5, 5.41) is 2.11. The highest BCUT2D eigenvalue weighted by Crippen LogP contribution is 2.20. The molecule has 26 heavy (non-hydrogen) atoms. The number of rotatable bonds is 6. The molecular formula is C17H17F3N2O3S. The van der Waals surface area contributed by atoms with Crippen LogP contribution in [0, 0.1) is 23.4 Å². The van der Waals surface area contributed by atoms with Crippen molar-refractivity contribution >= 4 is 21.6 Å². The molecule has 2 rings (SSSR count). The number of sulfonamides is 1. The molecule has 0 aliphatic carbocycles. The van der Waals surface area contributed by atoms with Gasteiger partial charge in [-0.1, -0.05) is 13.8 Å². The molecule has 0 bridgehead atoms. The number of hydrogen-bond acceptors (Lipinski definition) is 3. The fourth-order valence-electron chi connectivity index (χ4n) is 1.96. The summed E-state index contributed by atoms with van der Waals surface area (Å²) in [7, 11) is -3.71. The van der Waals surface area contributed by atoms with E-state index in [2.05, 4.69) is 10.0 Å². The van der Waals surface area contributed by atoms with Gasteiger partial charge in [-0.05, 0) is 42.3 Å². The van der Waals surface area contributed by atoms with Crippen LogP contribution in [0.25, 0.3) is 0 Å². The van der Waals surface area contributed by atoms with E-state index in [-0.39, 0.29) is 22.9 Å². The lowest BCUT2D eigenvalue weighted by atomic mass is 10.2. The van der Waals surface area contributed by atoms with E-state index in [0.29, 0.717) is 6.07 Å². The Morgan fingerprint density at radius 3 is 2.19 bits per heavy atom. The van der Waals surface area contributed by atoms with Crippen LogP contribution in [-0.2, 0) is 10.0 Å². The van der Waals surface area contributed by atoms with Crippen LogP contribution in [0.1, 0.15) is 24.2 Å². The Morgan fingerprint density at radius 2 is 1.62 bits per heavy atom. The van der Waals surface area contributed by atoms with Gasteiger partial charge in [-0.15, -0.1) is 0 Å². The molecular weight excluding hydrogens is 369 g/mol. The number of hydrogen-bond donors (Lipinski definition) is 2. The molecule has 0 saturated carbocycles. The van der Waals surface area contributed by atoms with Crippen molar-refractivity contribution in [3.05, 3.63) is 59.4 Å². The van der Waals surface area contributed by atoms with E-state index in [1.807, 2.05) is 13.8 Å². The zero-order valence-electron chi connectivity index (χ0n) is 14.0. The van der Waals surface area contributed by atoms with Crippen LogP contribution in [0.3, 0.4) is 0 Å². The van der Waals surface area contributed by atoms with Gasteiger partial charge in [0.15, 0.2) is 17.5 Å². The number of anilines is 1. The van der Waals surface area contributed by atoms with Gasteiger partial charge in [-0.3, -0.25) is 4.79 Å². The van der Waals surface area contributed by atoms with Gasteiger partial charge in [0.05, 0.1) is 10.6 Å². The van der Waals surface area contributed by atoms with Crippen molar-refractivity contribution in [2.75, 3.05) is 11.9 Å². The van der Waals surface area contributed by atoms with Gasteiger partial charge < -0.3 is 5.32 Å². The molecule has 0 aromatic heterocycles. The van der Waals surface area contributed by atoms with Gasteiger partial charge in [0.25, 0.3) is 5.91 Å². The minimum atomic E-state index is -3.71. The van der Waals surface area contributed by atoms with Crippen LogP contribution in [0.5, 0.6) is 0 Å². The van der Waals surface area contributed by atoms with E-state index in [0.717, 1.165) is 6.07 Å². The van der Waals surface area contributed by atoms with Gasteiger partial charge >= 0.3 is 0 Å². The lowest BCUT2D eigenvalue weighted by Crippen LogP contribution is -2.27. The smallest absolute Gasteiger partial charge is 0.255 e. The lowest BCUT2D eigenvalue weighted by Gasteiger charge is -2.10. The summed E-state index contributed by atoms with van der Waals surface area (Å²) in [6, 6.07) is 6.48. The van der Waals surface area contributed by atoms with E-state index < -0.39 is 39.1 Å². The zero-order valence-corrected chi connectivity index (χ0v) is 14.8. The lowest BCUT2D eigenvalue weighted by molar-refractivity contribution is 0.102. The third kappa shape index (κ3) is 4.61. The van der Waals surface area contributed by atoms with Gasteiger partial charge in [0, 0.05) is 12.1 Å². The van der Waals surface area contributed by atoms with Crippen LogP contribution in [0.2, 0.25) is 0 Å². The molecule has 0 saturated heterocycles. The van der Waals surface area contributed by atoms with Crippen molar-refractivity contribution in [3.8, 4) is 0 Å². The van der Waals surface area contributed by atoms with E-state index in [1.54, 1.807) is 0 Å². The molecule has 0 aliphatic heterocycles. The Bertz CT molecular complexity index is 914. The number of amides is 1. The standard InChI is InChI=1S/C17H17F3N2O3S/c1-10(2)9-21-26(24,25)12-5-3-11(4-6-12)17(23)22-14-8-7-13(18)15(19)16(14)20/h3-8,10,21H,9H2,1-2H3,(H,22,23). The first-order valence-electron chi connectivity index (χ1n) is 7.66.